The van der Waals surface area contributed by atoms with E-state index in [1.165, 1.54) is 0 Å². The number of rotatable bonds is 8. The average Bonchev–Trinajstić information content (AvgIpc) is 3.11. The molecule has 2 amide bonds. The molecule has 0 bridgehead atoms. The molecule has 142 valence electrons. The normalized spacial score (nSPS) is 15.5. The molecule has 0 radical (unpaired) electrons. The number of nitrogens with one attached hydrogen (secondary N) is 2. The molecule has 1 saturated carbocycles. The molecule has 6 heteroatoms. The van der Waals surface area contributed by atoms with Gasteiger partial charge in [0, 0.05) is 6.04 Å². The molecule has 0 heterocycles. The van der Waals surface area contributed by atoms with Crippen molar-refractivity contribution in [1.82, 2.24) is 10.6 Å². The predicted octanol–water partition coefficient (Wildman–Crippen LogP) is 1.97. The maximum Gasteiger partial charge on any atom is 0.329 e. The molecule has 26 heavy (non-hydrogen) atoms. The molecule has 1 aromatic rings. The van der Waals surface area contributed by atoms with E-state index in [0.717, 1.165) is 31.2 Å². The van der Waals surface area contributed by atoms with Crippen molar-refractivity contribution in [3.8, 4) is 0 Å². The van der Waals surface area contributed by atoms with Crippen molar-refractivity contribution in [1.29, 1.82) is 0 Å². The van der Waals surface area contributed by atoms with Gasteiger partial charge in [0.2, 0.25) is 5.91 Å². The summed E-state index contributed by atoms with van der Waals surface area (Å²) in [7, 11) is 0. The van der Waals surface area contributed by atoms with E-state index in [4.69, 9.17) is 4.74 Å². The Morgan fingerprint density at radius 2 is 1.73 bits per heavy atom. The van der Waals surface area contributed by atoms with Crippen molar-refractivity contribution in [2.75, 3.05) is 6.61 Å². The third kappa shape index (κ3) is 6.50. The van der Waals surface area contributed by atoms with Gasteiger partial charge in [-0.1, -0.05) is 57.0 Å². The van der Waals surface area contributed by atoms with Crippen LogP contribution >= 0.6 is 0 Å². The zero-order chi connectivity index (χ0) is 18.9. The third-order valence-corrected chi connectivity index (χ3v) is 4.51. The molecule has 1 aromatic carbocycles. The molecule has 1 fully saturated rings. The lowest BCUT2D eigenvalue weighted by Gasteiger charge is -2.21. The molecule has 0 unspecified atom stereocenters. The SMILES string of the molecule is CC(C)[C@H](NC(=O)Cc1ccccc1)C(=O)OCC(=O)NC1CCCC1. The minimum Gasteiger partial charge on any atom is -0.454 e. The van der Waals surface area contributed by atoms with Crippen LogP contribution in [0.2, 0.25) is 0 Å². The topological polar surface area (TPSA) is 84.5 Å². The Morgan fingerprint density at radius 3 is 2.35 bits per heavy atom. The molecular weight excluding hydrogens is 332 g/mol. The van der Waals surface area contributed by atoms with Crippen LogP contribution in [0.4, 0.5) is 0 Å². The van der Waals surface area contributed by atoms with Crippen LogP contribution in [0, 0.1) is 5.92 Å². The molecule has 0 spiro atoms. The van der Waals surface area contributed by atoms with E-state index in [0.29, 0.717) is 0 Å². The highest BCUT2D eigenvalue weighted by Crippen LogP contribution is 2.17. The standard InChI is InChI=1S/C20H28N2O4/c1-14(2)19(22-17(23)12-15-8-4-3-5-9-15)20(25)26-13-18(24)21-16-10-6-7-11-16/h3-5,8-9,14,16,19H,6-7,10-13H2,1-2H3,(H,21,24)(H,22,23)/t19-/m0/s1. The van der Waals surface area contributed by atoms with Crippen molar-refractivity contribution in [2.45, 2.75) is 58.0 Å². The minimum absolute atomic E-state index is 0.139. The van der Waals surface area contributed by atoms with E-state index in [1.807, 2.05) is 44.2 Å². The first-order valence-corrected chi connectivity index (χ1v) is 9.25. The number of carbonyl (C=O) groups is 3. The van der Waals surface area contributed by atoms with Gasteiger partial charge in [-0.05, 0) is 24.3 Å². The van der Waals surface area contributed by atoms with Crippen LogP contribution < -0.4 is 10.6 Å². The van der Waals surface area contributed by atoms with Gasteiger partial charge in [-0.2, -0.15) is 0 Å². The smallest absolute Gasteiger partial charge is 0.329 e. The summed E-state index contributed by atoms with van der Waals surface area (Å²) in [6.45, 7) is 3.34. The fraction of sp³-hybridized carbons (Fsp3) is 0.550. The van der Waals surface area contributed by atoms with E-state index in [9.17, 15) is 14.4 Å². The largest absolute Gasteiger partial charge is 0.454 e. The Bertz CT molecular complexity index is 609. The van der Waals surface area contributed by atoms with Gasteiger partial charge in [-0.25, -0.2) is 4.79 Å². The van der Waals surface area contributed by atoms with Crippen molar-refractivity contribution in [3.63, 3.8) is 0 Å². The average molecular weight is 360 g/mol. The maximum atomic E-state index is 12.3. The summed E-state index contributed by atoms with van der Waals surface area (Å²) < 4.78 is 5.12. The third-order valence-electron chi connectivity index (χ3n) is 4.51. The Morgan fingerprint density at radius 1 is 1.08 bits per heavy atom. The number of carbonyl (C=O) groups excluding carboxylic acids is 3. The summed E-state index contributed by atoms with van der Waals surface area (Å²) in [5.41, 5.74) is 0.872. The number of ether oxygens (including phenoxy) is 1. The summed E-state index contributed by atoms with van der Waals surface area (Å²) >= 11 is 0. The van der Waals surface area contributed by atoms with Crippen molar-refractivity contribution in [2.24, 2.45) is 5.92 Å². The fourth-order valence-electron chi connectivity index (χ4n) is 3.07. The molecule has 0 aromatic heterocycles. The van der Waals surface area contributed by atoms with Gasteiger partial charge in [0.05, 0.1) is 6.42 Å². The van der Waals surface area contributed by atoms with E-state index in [-0.39, 0.29) is 36.8 Å². The lowest BCUT2D eigenvalue weighted by molar-refractivity contribution is -0.153. The molecule has 1 aliphatic rings. The molecule has 1 atom stereocenters. The van der Waals surface area contributed by atoms with Crippen LogP contribution in [0.5, 0.6) is 0 Å². The highest BCUT2D eigenvalue weighted by atomic mass is 16.5. The quantitative estimate of drug-likeness (QED) is 0.694. The van der Waals surface area contributed by atoms with E-state index < -0.39 is 12.0 Å². The first-order valence-electron chi connectivity index (χ1n) is 9.25. The monoisotopic (exact) mass is 360 g/mol. The molecule has 0 aliphatic heterocycles. The molecule has 2 rings (SSSR count). The summed E-state index contributed by atoms with van der Waals surface area (Å²) in [5.74, 6) is -1.26. The lowest BCUT2D eigenvalue weighted by atomic mass is 10.0. The van der Waals surface area contributed by atoms with Crippen LogP contribution in [0.15, 0.2) is 30.3 Å². The Hall–Kier alpha value is -2.37. The van der Waals surface area contributed by atoms with Crippen molar-refractivity contribution in [3.05, 3.63) is 35.9 Å². The van der Waals surface area contributed by atoms with Gasteiger partial charge < -0.3 is 15.4 Å². The molecule has 1 aliphatic carbocycles. The molecular formula is C20H28N2O4. The van der Waals surface area contributed by atoms with Gasteiger partial charge in [-0.15, -0.1) is 0 Å². The highest BCUT2D eigenvalue weighted by Gasteiger charge is 2.26. The summed E-state index contributed by atoms with van der Waals surface area (Å²) in [5, 5.41) is 5.59. The van der Waals surface area contributed by atoms with Gasteiger partial charge in [0.25, 0.3) is 5.91 Å². The first-order chi connectivity index (χ1) is 12.5. The second-order valence-corrected chi connectivity index (χ2v) is 7.11. The first kappa shape index (κ1) is 19.9. The summed E-state index contributed by atoms with van der Waals surface area (Å²) in [6.07, 6.45) is 4.38. The molecule has 6 nitrogen and oxygen atoms in total. The predicted molar refractivity (Wildman–Crippen MR) is 98.3 cm³/mol. The number of amides is 2. The van der Waals surface area contributed by atoms with Gasteiger partial charge in [-0.3, -0.25) is 9.59 Å². The highest BCUT2D eigenvalue weighted by molar-refractivity contribution is 5.87. The molecule has 0 saturated heterocycles. The zero-order valence-electron chi connectivity index (χ0n) is 15.5. The van der Waals surface area contributed by atoms with Crippen LogP contribution in [0.3, 0.4) is 0 Å². The number of benzene rings is 1. The molecule has 2 N–H and O–H groups in total. The maximum absolute atomic E-state index is 12.3. The minimum atomic E-state index is -0.773. The second-order valence-electron chi connectivity index (χ2n) is 7.11. The number of hydrogen-bond acceptors (Lipinski definition) is 4. The van der Waals surface area contributed by atoms with Crippen molar-refractivity contribution >= 4 is 17.8 Å². The van der Waals surface area contributed by atoms with E-state index in [1.54, 1.807) is 0 Å². The Balaban J connectivity index is 1.80. The Kier molecular flexibility index (Phi) is 7.63. The number of esters is 1. The van der Waals surface area contributed by atoms with Crippen molar-refractivity contribution < 1.29 is 19.1 Å². The summed E-state index contributed by atoms with van der Waals surface area (Å²) in [6, 6.07) is 8.73. The van der Waals surface area contributed by atoms with Crippen LogP contribution in [0.1, 0.15) is 45.1 Å². The van der Waals surface area contributed by atoms with Gasteiger partial charge in [0.15, 0.2) is 6.61 Å². The Labute approximate surface area is 154 Å². The summed E-state index contributed by atoms with van der Waals surface area (Å²) in [4.78, 5) is 36.4. The van der Waals surface area contributed by atoms with Crippen LogP contribution in [-0.2, 0) is 25.5 Å². The number of hydrogen-bond donors (Lipinski definition) is 2. The second kappa shape index (κ2) is 9.94. The van der Waals surface area contributed by atoms with Crippen LogP contribution in [0.25, 0.3) is 0 Å². The van der Waals surface area contributed by atoms with Crippen LogP contribution in [-0.4, -0.2) is 36.5 Å². The zero-order valence-corrected chi connectivity index (χ0v) is 15.5. The van der Waals surface area contributed by atoms with E-state index in [2.05, 4.69) is 10.6 Å². The van der Waals surface area contributed by atoms with E-state index >= 15 is 0 Å². The lowest BCUT2D eigenvalue weighted by Crippen LogP contribution is -2.47. The van der Waals surface area contributed by atoms with Gasteiger partial charge in [0.1, 0.15) is 6.04 Å². The fourth-order valence-corrected chi connectivity index (χ4v) is 3.07. The van der Waals surface area contributed by atoms with Gasteiger partial charge >= 0.3 is 5.97 Å².